The summed E-state index contributed by atoms with van der Waals surface area (Å²) >= 11 is 3.42. The number of ether oxygens (including phenoxy) is 1. The van der Waals surface area contributed by atoms with Crippen LogP contribution >= 0.6 is 15.9 Å². The number of rotatable bonds is 3. The van der Waals surface area contributed by atoms with E-state index in [1.807, 2.05) is 54.6 Å². The number of hydrogen-bond acceptors (Lipinski definition) is 3. The van der Waals surface area contributed by atoms with Crippen LogP contribution in [0.15, 0.2) is 59.1 Å². The Balaban J connectivity index is 2.07. The molecule has 1 heterocycles. The predicted octanol–water partition coefficient (Wildman–Crippen LogP) is 3.89. The molecule has 2 aromatic carbocycles. The predicted molar refractivity (Wildman–Crippen MR) is 87.7 cm³/mol. The molecule has 5 heteroatoms. The standard InChI is InChI=1S/C16H14BrN3O/c1-21-15-5-3-2-4-13(15)14-10-16(18)20(19-14)12-8-6-11(17)7-9-12/h2-10H,18H2,1H3. The van der Waals surface area contributed by atoms with Crippen LogP contribution in [0.2, 0.25) is 0 Å². The van der Waals surface area contributed by atoms with Gasteiger partial charge in [-0.1, -0.05) is 28.1 Å². The summed E-state index contributed by atoms with van der Waals surface area (Å²) in [5.74, 6) is 1.36. The van der Waals surface area contributed by atoms with E-state index in [0.29, 0.717) is 5.82 Å². The van der Waals surface area contributed by atoms with Gasteiger partial charge in [-0.25, -0.2) is 4.68 Å². The summed E-state index contributed by atoms with van der Waals surface area (Å²) < 4.78 is 8.11. The van der Waals surface area contributed by atoms with Gasteiger partial charge in [0.15, 0.2) is 0 Å². The number of anilines is 1. The summed E-state index contributed by atoms with van der Waals surface area (Å²) in [7, 11) is 1.65. The molecule has 0 atom stereocenters. The Morgan fingerprint density at radius 2 is 1.81 bits per heavy atom. The fourth-order valence-electron chi connectivity index (χ4n) is 2.17. The van der Waals surface area contributed by atoms with Gasteiger partial charge in [-0.15, -0.1) is 0 Å². The largest absolute Gasteiger partial charge is 0.496 e. The zero-order valence-electron chi connectivity index (χ0n) is 11.5. The fourth-order valence-corrected chi connectivity index (χ4v) is 2.44. The minimum Gasteiger partial charge on any atom is -0.496 e. The van der Waals surface area contributed by atoms with E-state index >= 15 is 0 Å². The van der Waals surface area contributed by atoms with Crippen molar-refractivity contribution in [3.05, 3.63) is 59.1 Å². The summed E-state index contributed by atoms with van der Waals surface area (Å²) in [4.78, 5) is 0. The van der Waals surface area contributed by atoms with Crippen molar-refractivity contribution in [3.63, 3.8) is 0 Å². The SMILES string of the molecule is COc1ccccc1-c1cc(N)n(-c2ccc(Br)cc2)n1. The van der Waals surface area contributed by atoms with E-state index in [0.717, 1.165) is 27.2 Å². The Bertz CT molecular complexity index is 765. The molecule has 0 bridgehead atoms. The second-order valence-electron chi connectivity index (χ2n) is 4.54. The van der Waals surface area contributed by atoms with Crippen LogP contribution in [0.3, 0.4) is 0 Å². The van der Waals surface area contributed by atoms with Gasteiger partial charge >= 0.3 is 0 Å². The quantitative estimate of drug-likeness (QED) is 0.784. The molecular formula is C16H14BrN3O. The third kappa shape index (κ3) is 2.64. The van der Waals surface area contributed by atoms with Gasteiger partial charge in [-0.3, -0.25) is 0 Å². The van der Waals surface area contributed by atoms with Crippen LogP contribution in [0.25, 0.3) is 16.9 Å². The normalized spacial score (nSPS) is 10.6. The number of nitrogen functional groups attached to an aromatic ring is 1. The lowest BCUT2D eigenvalue weighted by atomic mass is 10.1. The minimum absolute atomic E-state index is 0.582. The average molecular weight is 344 g/mol. The first-order chi connectivity index (χ1) is 10.2. The van der Waals surface area contributed by atoms with Crippen LogP contribution in [0, 0.1) is 0 Å². The number of nitrogens with two attached hydrogens (primary N) is 1. The maximum Gasteiger partial charge on any atom is 0.128 e. The summed E-state index contributed by atoms with van der Waals surface area (Å²) in [5, 5.41) is 4.58. The Morgan fingerprint density at radius 1 is 1.10 bits per heavy atom. The van der Waals surface area contributed by atoms with E-state index in [4.69, 9.17) is 10.5 Å². The third-order valence-electron chi connectivity index (χ3n) is 3.19. The maximum atomic E-state index is 6.09. The molecule has 0 amide bonds. The fraction of sp³-hybridized carbons (Fsp3) is 0.0625. The van der Waals surface area contributed by atoms with Gasteiger partial charge in [0.2, 0.25) is 0 Å². The van der Waals surface area contributed by atoms with E-state index in [2.05, 4.69) is 21.0 Å². The van der Waals surface area contributed by atoms with Crippen molar-refractivity contribution < 1.29 is 4.74 Å². The molecule has 0 aliphatic rings. The average Bonchev–Trinajstić information content (AvgIpc) is 2.90. The molecule has 0 spiro atoms. The van der Waals surface area contributed by atoms with Gasteiger partial charge in [0.25, 0.3) is 0 Å². The summed E-state index contributed by atoms with van der Waals surface area (Å²) in [5.41, 5.74) is 8.71. The summed E-state index contributed by atoms with van der Waals surface area (Å²) in [6.45, 7) is 0. The Kier molecular flexibility index (Phi) is 3.66. The topological polar surface area (TPSA) is 53.1 Å². The van der Waals surface area contributed by atoms with Gasteiger partial charge in [-0.05, 0) is 36.4 Å². The molecule has 4 nitrogen and oxygen atoms in total. The van der Waals surface area contributed by atoms with E-state index in [1.54, 1.807) is 11.8 Å². The Morgan fingerprint density at radius 3 is 2.52 bits per heavy atom. The number of halogens is 1. The Hall–Kier alpha value is -2.27. The molecule has 1 aromatic heterocycles. The number of nitrogens with zero attached hydrogens (tertiary/aromatic N) is 2. The Labute approximate surface area is 131 Å². The minimum atomic E-state index is 0.582. The van der Waals surface area contributed by atoms with E-state index in [9.17, 15) is 0 Å². The van der Waals surface area contributed by atoms with Gasteiger partial charge in [0.05, 0.1) is 18.5 Å². The van der Waals surface area contributed by atoms with Crippen molar-refractivity contribution in [1.29, 1.82) is 0 Å². The van der Waals surface area contributed by atoms with Crippen LogP contribution in [-0.4, -0.2) is 16.9 Å². The molecule has 21 heavy (non-hydrogen) atoms. The molecule has 0 saturated heterocycles. The molecule has 0 aliphatic carbocycles. The van der Waals surface area contributed by atoms with E-state index < -0.39 is 0 Å². The molecule has 0 unspecified atom stereocenters. The lowest BCUT2D eigenvalue weighted by Crippen LogP contribution is -2.01. The molecule has 0 fully saturated rings. The lowest BCUT2D eigenvalue weighted by molar-refractivity contribution is 0.416. The van der Waals surface area contributed by atoms with Crippen molar-refractivity contribution in [2.24, 2.45) is 0 Å². The van der Waals surface area contributed by atoms with Crippen molar-refractivity contribution in [1.82, 2.24) is 9.78 Å². The smallest absolute Gasteiger partial charge is 0.128 e. The molecule has 2 N–H and O–H groups in total. The van der Waals surface area contributed by atoms with Gasteiger partial charge in [0, 0.05) is 16.1 Å². The van der Waals surface area contributed by atoms with Crippen LogP contribution in [0.4, 0.5) is 5.82 Å². The monoisotopic (exact) mass is 343 g/mol. The van der Waals surface area contributed by atoms with Crippen molar-refractivity contribution in [2.75, 3.05) is 12.8 Å². The molecule has 0 aliphatic heterocycles. The molecule has 3 rings (SSSR count). The second kappa shape index (κ2) is 5.61. The molecular weight excluding hydrogens is 330 g/mol. The van der Waals surface area contributed by atoms with E-state index in [1.165, 1.54) is 0 Å². The van der Waals surface area contributed by atoms with Gasteiger partial charge in [0.1, 0.15) is 11.6 Å². The summed E-state index contributed by atoms with van der Waals surface area (Å²) in [6.07, 6.45) is 0. The van der Waals surface area contributed by atoms with Crippen LogP contribution < -0.4 is 10.5 Å². The second-order valence-corrected chi connectivity index (χ2v) is 5.46. The number of para-hydroxylation sites is 1. The highest BCUT2D eigenvalue weighted by molar-refractivity contribution is 9.10. The molecule has 106 valence electrons. The maximum absolute atomic E-state index is 6.09. The highest BCUT2D eigenvalue weighted by atomic mass is 79.9. The molecule has 0 saturated carbocycles. The highest BCUT2D eigenvalue weighted by Crippen LogP contribution is 2.30. The first-order valence-corrected chi connectivity index (χ1v) is 7.23. The third-order valence-corrected chi connectivity index (χ3v) is 3.72. The first kappa shape index (κ1) is 13.7. The molecule has 0 radical (unpaired) electrons. The first-order valence-electron chi connectivity index (χ1n) is 6.44. The highest BCUT2D eigenvalue weighted by Gasteiger charge is 2.12. The van der Waals surface area contributed by atoms with Crippen molar-refractivity contribution in [3.8, 4) is 22.7 Å². The van der Waals surface area contributed by atoms with Crippen molar-refractivity contribution >= 4 is 21.7 Å². The lowest BCUT2D eigenvalue weighted by Gasteiger charge is -2.05. The van der Waals surface area contributed by atoms with Crippen molar-refractivity contribution in [2.45, 2.75) is 0 Å². The molecule has 3 aromatic rings. The van der Waals surface area contributed by atoms with Crippen LogP contribution in [-0.2, 0) is 0 Å². The number of aromatic nitrogens is 2. The number of hydrogen-bond donors (Lipinski definition) is 1. The number of benzene rings is 2. The van der Waals surface area contributed by atoms with Gasteiger partial charge in [-0.2, -0.15) is 5.10 Å². The van der Waals surface area contributed by atoms with E-state index in [-0.39, 0.29) is 0 Å². The summed E-state index contributed by atoms with van der Waals surface area (Å²) in [6, 6.07) is 17.4. The zero-order chi connectivity index (χ0) is 14.8. The van der Waals surface area contributed by atoms with Crippen LogP contribution in [0.5, 0.6) is 5.75 Å². The van der Waals surface area contributed by atoms with Crippen LogP contribution in [0.1, 0.15) is 0 Å². The van der Waals surface area contributed by atoms with Gasteiger partial charge < -0.3 is 10.5 Å². The zero-order valence-corrected chi connectivity index (χ0v) is 13.0. The number of methoxy groups -OCH3 is 1.